The fraction of sp³-hybridized carbons (Fsp3) is 0.295. The molecule has 1 fully saturated rings. The number of ether oxygens (including phenoxy) is 5. The Balaban J connectivity index is 1.23. The van der Waals surface area contributed by atoms with Crippen molar-refractivity contribution in [1.29, 1.82) is 0 Å². The molecule has 0 radical (unpaired) electrons. The lowest BCUT2D eigenvalue weighted by Gasteiger charge is -2.44. The fourth-order valence-corrected chi connectivity index (χ4v) is 7.22. The fourth-order valence-electron chi connectivity index (χ4n) is 7.22. The zero-order valence-electron chi connectivity index (χ0n) is 29.9. The lowest BCUT2D eigenvalue weighted by atomic mass is 9.91. The van der Waals surface area contributed by atoms with Gasteiger partial charge in [0.25, 0.3) is 0 Å². The van der Waals surface area contributed by atoms with Gasteiger partial charge in [0.05, 0.1) is 18.4 Å². The SMILES string of the molecule is CO[C@H]1O[C@H](CO)[C@@H](OC(=O)Nc2ccccc2)[C@@H]2OC(=O)[C@@H](Cc3ccc4ccccc4c3)C/C=C/C[C@H](Cc3ccc4ccccc4c3)C(=O)O[C@@H]12. The number of hydrogen-bond donors (Lipinski definition) is 2. The van der Waals surface area contributed by atoms with Gasteiger partial charge in [0, 0.05) is 12.8 Å². The van der Waals surface area contributed by atoms with Crippen molar-refractivity contribution < 1.29 is 43.2 Å². The number of carbonyl (C=O) groups is 3. The van der Waals surface area contributed by atoms with Gasteiger partial charge in [-0.2, -0.15) is 0 Å². The van der Waals surface area contributed by atoms with E-state index in [4.69, 9.17) is 23.7 Å². The van der Waals surface area contributed by atoms with Crippen LogP contribution in [-0.4, -0.2) is 67.6 Å². The predicted octanol–water partition coefficient (Wildman–Crippen LogP) is 7.17. The molecule has 10 heteroatoms. The number of fused-ring (bicyclic) bond motifs is 3. The van der Waals surface area contributed by atoms with Gasteiger partial charge in [-0.15, -0.1) is 0 Å². The lowest BCUT2D eigenvalue weighted by molar-refractivity contribution is -0.300. The summed E-state index contributed by atoms with van der Waals surface area (Å²) >= 11 is 0. The molecule has 2 heterocycles. The number of carbonyl (C=O) groups excluding carboxylic acids is 3. The molecule has 2 aliphatic heterocycles. The monoisotopic (exact) mass is 729 g/mol. The maximum atomic E-state index is 14.3. The first-order valence-electron chi connectivity index (χ1n) is 18.2. The molecule has 0 aromatic heterocycles. The van der Waals surface area contributed by atoms with Gasteiger partial charge in [0.1, 0.15) is 6.10 Å². The number of nitrogens with one attached hydrogen (secondary N) is 1. The van der Waals surface area contributed by atoms with Gasteiger partial charge in [0.2, 0.25) is 0 Å². The number of allylic oxidation sites excluding steroid dienone is 2. The minimum absolute atomic E-state index is 0.328. The summed E-state index contributed by atoms with van der Waals surface area (Å²) in [4.78, 5) is 41.7. The van der Waals surface area contributed by atoms with Crippen LogP contribution in [0.5, 0.6) is 0 Å². The van der Waals surface area contributed by atoms with E-state index in [1.165, 1.54) is 7.11 Å². The largest absolute Gasteiger partial charge is 0.454 e. The number of rotatable bonds is 8. The average Bonchev–Trinajstić information content (AvgIpc) is 3.19. The van der Waals surface area contributed by atoms with Crippen molar-refractivity contribution in [2.24, 2.45) is 11.8 Å². The molecule has 0 spiro atoms. The molecule has 2 N–H and O–H groups in total. The van der Waals surface area contributed by atoms with Crippen molar-refractivity contribution in [3.05, 3.63) is 139 Å². The van der Waals surface area contributed by atoms with Crippen LogP contribution in [0, 0.1) is 11.8 Å². The van der Waals surface area contributed by atoms with Crippen molar-refractivity contribution in [3.63, 3.8) is 0 Å². The number of hydrogen-bond acceptors (Lipinski definition) is 9. The normalized spacial score (nSPS) is 25.3. The van der Waals surface area contributed by atoms with Crippen molar-refractivity contribution >= 4 is 45.3 Å². The third kappa shape index (κ3) is 8.63. The molecule has 10 nitrogen and oxygen atoms in total. The Kier molecular flexibility index (Phi) is 11.6. The van der Waals surface area contributed by atoms with Crippen LogP contribution < -0.4 is 5.32 Å². The van der Waals surface area contributed by atoms with Gasteiger partial charge >= 0.3 is 18.0 Å². The molecule has 54 heavy (non-hydrogen) atoms. The van der Waals surface area contributed by atoms with Crippen molar-refractivity contribution in [1.82, 2.24) is 0 Å². The molecular formula is C44H43NO9. The third-order valence-electron chi connectivity index (χ3n) is 10.0. The summed E-state index contributed by atoms with van der Waals surface area (Å²) in [5.74, 6) is -2.41. The number of aliphatic hydroxyl groups excluding tert-OH is 1. The highest BCUT2D eigenvalue weighted by Gasteiger charge is 2.53. The van der Waals surface area contributed by atoms with Crippen LogP contribution in [0.4, 0.5) is 10.5 Å². The Morgan fingerprint density at radius 3 is 1.76 bits per heavy atom. The van der Waals surface area contributed by atoms with E-state index < -0.39 is 67.2 Å². The smallest absolute Gasteiger partial charge is 0.412 e. The topological polar surface area (TPSA) is 130 Å². The van der Waals surface area contributed by atoms with Gasteiger partial charge in [-0.3, -0.25) is 14.9 Å². The minimum atomic E-state index is -1.39. The van der Waals surface area contributed by atoms with Gasteiger partial charge in [0.15, 0.2) is 24.6 Å². The lowest BCUT2D eigenvalue weighted by Crippen LogP contribution is -2.63. The molecule has 0 bridgehead atoms. The number of esters is 2. The van der Waals surface area contributed by atoms with Gasteiger partial charge in [-0.05, 0) is 70.5 Å². The molecule has 7 atom stereocenters. The van der Waals surface area contributed by atoms with E-state index in [9.17, 15) is 19.5 Å². The van der Waals surface area contributed by atoms with E-state index >= 15 is 0 Å². The Morgan fingerprint density at radius 2 is 1.22 bits per heavy atom. The van der Waals surface area contributed by atoms with Crippen LogP contribution in [0.3, 0.4) is 0 Å². The van der Waals surface area contributed by atoms with E-state index in [-0.39, 0.29) is 0 Å². The van der Waals surface area contributed by atoms with E-state index in [2.05, 4.69) is 17.4 Å². The van der Waals surface area contributed by atoms with Crippen LogP contribution in [0.2, 0.25) is 0 Å². The average molecular weight is 730 g/mol. The van der Waals surface area contributed by atoms with Crippen LogP contribution in [-0.2, 0) is 46.1 Å². The molecule has 5 aromatic carbocycles. The molecule has 7 rings (SSSR count). The summed E-state index contributed by atoms with van der Waals surface area (Å²) in [6, 6.07) is 36.9. The molecule has 1 amide bonds. The second-order valence-electron chi connectivity index (χ2n) is 13.7. The molecular weight excluding hydrogens is 686 g/mol. The quantitative estimate of drug-likeness (QED) is 0.0971. The molecule has 0 aliphatic carbocycles. The second-order valence-corrected chi connectivity index (χ2v) is 13.7. The van der Waals surface area contributed by atoms with Crippen molar-refractivity contribution in [3.8, 4) is 0 Å². The highest BCUT2D eigenvalue weighted by molar-refractivity contribution is 5.85. The first kappa shape index (κ1) is 36.8. The van der Waals surface area contributed by atoms with Crippen molar-refractivity contribution in [2.75, 3.05) is 19.0 Å². The highest BCUT2D eigenvalue weighted by Crippen LogP contribution is 2.33. The number of aliphatic hydroxyl groups is 1. The second kappa shape index (κ2) is 17.1. The van der Waals surface area contributed by atoms with Gasteiger partial charge < -0.3 is 28.8 Å². The van der Waals surface area contributed by atoms with Crippen LogP contribution in [0.15, 0.2) is 127 Å². The molecule has 278 valence electrons. The Morgan fingerprint density at radius 1 is 0.704 bits per heavy atom. The van der Waals surface area contributed by atoms with E-state index in [1.807, 2.05) is 84.9 Å². The third-order valence-corrected chi connectivity index (χ3v) is 10.0. The van der Waals surface area contributed by atoms with E-state index in [0.717, 1.165) is 32.7 Å². The van der Waals surface area contributed by atoms with Crippen LogP contribution >= 0.6 is 0 Å². The summed E-state index contributed by atoms with van der Waals surface area (Å²) in [5, 5.41) is 17.4. The highest BCUT2D eigenvalue weighted by atomic mass is 16.7. The Labute approximate surface area is 313 Å². The zero-order chi connectivity index (χ0) is 37.4. The number of amides is 1. The molecule has 1 saturated heterocycles. The summed E-state index contributed by atoms with van der Waals surface area (Å²) < 4.78 is 30.0. The maximum absolute atomic E-state index is 14.3. The summed E-state index contributed by atoms with van der Waals surface area (Å²) in [5.41, 5.74) is 2.36. The maximum Gasteiger partial charge on any atom is 0.412 e. The predicted molar refractivity (Wildman–Crippen MR) is 204 cm³/mol. The standard InChI is InChI=1S/C44H43NO9/c1-50-43-40-39(38(37(27-46)51-43)54-44(49)45-36-17-3-2-4-18-36)52-41(47)34(25-28-19-21-30-11-5-7-13-32(30)23-28)15-9-10-16-35(42(48)53-40)26-29-20-22-31-12-6-8-14-33(31)24-29/h2-14,17-24,34-35,37-40,43,46H,15-16,25-27H2,1H3,(H,45,49)/b10-9+/t34-,35-,37-,38-,39+,40-,43+/m1/s1. The minimum Gasteiger partial charge on any atom is -0.454 e. The first-order valence-corrected chi connectivity index (χ1v) is 18.2. The zero-order valence-corrected chi connectivity index (χ0v) is 29.9. The Bertz CT molecular complexity index is 2120. The number of anilines is 1. The summed E-state index contributed by atoms with van der Waals surface area (Å²) in [7, 11) is 1.36. The summed E-state index contributed by atoms with van der Waals surface area (Å²) in [6.07, 6.45) is -2.16. The van der Waals surface area contributed by atoms with E-state index in [0.29, 0.717) is 31.4 Å². The van der Waals surface area contributed by atoms with Crippen LogP contribution in [0.25, 0.3) is 21.5 Å². The van der Waals surface area contributed by atoms with Crippen molar-refractivity contribution in [2.45, 2.75) is 56.4 Å². The molecule has 2 aliphatic rings. The number of benzene rings is 5. The van der Waals surface area contributed by atoms with Crippen LogP contribution in [0.1, 0.15) is 24.0 Å². The number of methoxy groups -OCH3 is 1. The van der Waals surface area contributed by atoms with E-state index in [1.54, 1.807) is 30.3 Å². The summed E-state index contributed by atoms with van der Waals surface area (Å²) in [6.45, 7) is -0.605. The Hall–Kier alpha value is -5.55. The van der Waals surface area contributed by atoms with Gasteiger partial charge in [-0.25, -0.2) is 4.79 Å². The molecule has 0 saturated carbocycles. The number of para-hydroxylation sites is 1. The van der Waals surface area contributed by atoms with Gasteiger partial charge in [-0.1, -0.05) is 115 Å². The molecule has 0 unspecified atom stereocenters. The first-order chi connectivity index (χ1) is 26.4. The molecule has 5 aromatic rings.